The van der Waals surface area contributed by atoms with Gasteiger partial charge in [0.1, 0.15) is 0 Å². The maximum atomic E-state index is 12.1. The molecule has 142 valence electrons. The molecule has 0 aromatic carbocycles. The standard InChI is InChI=1S/C15H30N4O3S.HI/c1-3-11-23(21,22)19-9-5-13(6-10-19)18-14(16-2)17-12-15(20)7-4-8-15;/h13,20H,3-12H2,1-2H3,(H2,16,17,18);1H. The van der Waals surface area contributed by atoms with Gasteiger partial charge < -0.3 is 15.7 Å². The number of rotatable bonds is 6. The van der Waals surface area contributed by atoms with E-state index < -0.39 is 15.6 Å². The van der Waals surface area contributed by atoms with Crippen LogP contribution in [0.15, 0.2) is 4.99 Å². The van der Waals surface area contributed by atoms with Crippen molar-refractivity contribution in [3.8, 4) is 0 Å². The minimum atomic E-state index is -3.09. The van der Waals surface area contributed by atoms with Gasteiger partial charge in [0.25, 0.3) is 0 Å². The number of sulfonamides is 1. The summed E-state index contributed by atoms with van der Waals surface area (Å²) in [7, 11) is -1.38. The summed E-state index contributed by atoms with van der Waals surface area (Å²) in [5.74, 6) is 0.910. The third kappa shape index (κ3) is 5.99. The molecule has 0 aromatic heterocycles. The highest BCUT2D eigenvalue weighted by atomic mass is 127. The lowest BCUT2D eigenvalue weighted by atomic mass is 9.80. The van der Waals surface area contributed by atoms with Crippen molar-refractivity contribution in [3.63, 3.8) is 0 Å². The van der Waals surface area contributed by atoms with Gasteiger partial charge in [-0.2, -0.15) is 0 Å². The molecule has 0 unspecified atom stereocenters. The first kappa shape index (κ1) is 21.9. The summed E-state index contributed by atoms with van der Waals surface area (Å²) in [6, 6.07) is 0.213. The third-order valence-electron chi connectivity index (χ3n) is 4.74. The highest BCUT2D eigenvalue weighted by Crippen LogP contribution is 2.30. The summed E-state index contributed by atoms with van der Waals surface area (Å²) in [5.41, 5.74) is -0.588. The summed E-state index contributed by atoms with van der Waals surface area (Å²) >= 11 is 0. The van der Waals surface area contributed by atoms with Gasteiger partial charge in [0.15, 0.2) is 5.96 Å². The zero-order chi connectivity index (χ0) is 16.9. The summed E-state index contributed by atoms with van der Waals surface area (Å²) in [6.07, 6.45) is 4.95. The van der Waals surface area contributed by atoms with E-state index >= 15 is 0 Å². The summed E-state index contributed by atoms with van der Waals surface area (Å²) in [5, 5.41) is 16.6. The van der Waals surface area contributed by atoms with Crippen molar-refractivity contribution in [2.75, 3.05) is 32.4 Å². The van der Waals surface area contributed by atoms with E-state index in [9.17, 15) is 13.5 Å². The predicted octanol–water partition coefficient (Wildman–Crippen LogP) is 0.889. The smallest absolute Gasteiger partial charge is 0.214 e. The number of halogens is 1. The van der Waals surface area contributed by atoms with Crippen LogP contribution in [0.3, 0.4) is 0 Å². The Morgan fingerprint density at radius 2 is 1.96 bits per heavy atom. The molecule has 9 heteroatoms. The maximum Gasteiger partial charge on any atom is 0.214 e. The van der Waals surface area contributed by atoms with Gasteiger partial charge in [-0.05, 0) is 38.5 Å². The molecule has 1 saturated heterocycles. The largest absolute Gasteiger partial charge is 0.388 e. The van der Waals surface area contributed by atoms with Crippen molar-refractivity contribution in [2.24, 2.45) is 4.99 Å². The van der Waals surface area contributed by atoms with Crippen LogP contribution in [-0.4, -0.2) is 67.9 Å². The summed E-state index contributed by atoms with van der Waals surface area (Å²) in [6.45, 7) is 3.51. The van der Waals surface area contributed by atoms with E-state index in [1.807, 2.05) is 6.92 Å². The number of hydrogen-bond acceptors (Lipinski definition) is 4. The lowest BCUT2D eigenvalue weighted by molar-refractivity contribution is -0.0279. The van der Waals surface area contributed by atoms with Gasteiger partial charge in [0.05, 0.1) is 11.4 Å². The lowest BCUT2D eigenvalue weighted by Gasteiger charge is -2.37. The highest BCUT2D eigenvalue weighted by Gasteiger charge is 2.34. The lowest BCUT2D eigenvalue weighted by Crippen LogP contribution is -2.54. The molecule has 2 aliphatic rings. The molecule has 1 aliphatic carbocycles. The number of nitrogens with one attached hydrogen (secondary N) is 2. The zero-order valence-corrected chi connectivity index (χ0v) is 17.8. The SMILES string of the molecule is CCCS(=O)(=O)N1CCC(NC(=NC)NCC2(O)CCC2)CC1.I. The monoisotopic (exact) mass is 474 g/mol. The molecule has 0 aromatic rings. The first-order chi connectivity index (χ1) is 10.9. The van der Waals surface area contributed by atoms with Crippen LogP contribution in [-0.2, 0) is 10.0 Å². The summed E-state index contributed by atoms with van der Waals surface area (Å²) in [4.78, 5) is 4.19. The third-order valence-corrected chi connectivity index (χ3v) is 6.82. The number of hydrogen-bond donors (Lipinski definition) is 3. The minimum Gasteiger partial charge on any atom is -0.388 e. The Labute approximate surface area is 162 Å². The van der Waals surface area contributed by atoms with Crippen LogP contribution in [0, 0.1) is 0 Å². The molecule has 3 N–H and O–H groups in total. The van der Waals surface area contributed by atoms with Gasteiger partial charge in [-0.1, -0.05) is 6.92 Å². The van der Waals surface area contributed by atoms with Crippen molar-refractivity contribution in [1.82, 2.24) is 14.9 Å². The fraction of sp³-hybridized carbons (Fsp3) is 0.933. The summed E-state index contributed by atoms with van der Waals surface area (Å²) < 4.78 is 25.7. The van der Waals surface area contributed by atoms with E-state index in [1.54, 1.807) is 11.4 Å². The van der Waals surface area contributed by atoms with Crippen molar-refractivity contribution in [2.45, 2.75) is 57.1 Å². The van der Waals surface area contributed by atoms with Crippen molar-refractivity contribution >= 4 is 40.0 Å². The molecular formula is C15H31IN4O3S. The van der Waals surface area contributed by atoms with E-state index in [-0.39, 0.29) is 35.8 Å². The Kier molecular flexibility index (Phi) is 8.71. The van der Waals surface area contributed by atoms with Crippen LogP contribution in [0.5, 0.6) is 0 Å². The van der Waals surface area contributed by atoms with Crippen LogP contribution in [0.25, 0.3) is 0 Å². The molecule has 0 spiro atoms. The first-order valence-corrected chi connectivity index (χ1v) is 10.2. The molecule has 1 aliphatic heterocycles. The van der Waals surface area contributed by atoms with Gasteiger partial charge in [-0.3, -0.25) is 4.99 Å². The predicted molar refractivity (Wildman–Crippen MR) is 107 cm³/mol. The maximum absolute atomic E-state index is 12.1. The topological polar surface area (TPSA) is 94.0 Å². The molecule has 24 heavy (non-hydrogen) atoms. The van der Waals surface area contributed by atoms with Gasteiger partial charge in [-0.25, -0.2) is 12.7 Å². The normalized spacial score (nSPS) is 22.4. The van der Waals surface area contributed by atoms with E-state index in [2.05, 4.69) is 15.6 Å². The van der Waals surface area contributed by atoms with Gasteiger partial charge in [0.2, 0.25) is 10.0 Å². The van der Waals surface area contributed by atoms with Gasteiger partial charge in [-0.15, -0.1) is 24.0 Å². The molecule has 0 atom stereocenters. The van der Waals surface area contributed by atoms with Crippen LogP contribution >= 0.6 is 24.0 Å². The molecule has 0 bridgehead atoms. The zero-order valence-electron chi connectivity index (χ0n) is 14.6. The van der Waals surface area contributed by atoms with Crippen LogP contribution < -0.4 is 10.6 Å². The van der Waals surface area contributed by atoms with E-state index in [0.29, 0.717) is 32.0 Å². The second-order valence-electron chi connectivity index (χ2n) is 6.64. The van der Waals surface area contributed by atoms with Crippen LogP contribution in [0.4, 0.5) is 0 Å². The second kappa shape index (κ2) is 9.54. The van der Waals surface area contributed by atoms with Crippen molar-refractivity contribution < 1.29 is 13.5 Å². The minimum absolute atomic E-state index is 0. The molecular weight excluding hydrogens is 443 g/mol. The number of aliphatic imine (C=N–C) groups is 1. The quantitative estimate of drug-likeness (QED) is 0.302. The van der Waals surface area contributed by atoms with Crippen LogP contribution in [0.2, 0.25) is 0 Å². The Morgan fingerprint density at radius 3 is 2.42 bits per heavy atom. The first-order valence-electron chi connectivity index (χ1n) is 8.56. The van der Waals surface area contributed by atoms with Crippen molar-refractivity contribution in [3.05, 3.63) is 0 Å². The molecule has 1 heterocycles. The Morgan fingerprint density at radius 1 is 1.33 bits per heavy atom. The van der Waals surface area contributed by atoms with E-state index in [1.165, 1.54) is 0 Å². The molecule has 7 nitrogen and oxygen atoms in total. The number of nitrogens with zero attached hydrogens (tertiary/aromatic N) is 2. The molecule has 1 saturated carbocycles. The average Bonchev–Trinajstić information content (AvgIpc) is 2.50. The average molecular weight is 474 g/mol. The number of piperidine rings is 1. The van der Waals surface area contributed by atoms with Crippen molar-refractivity contribution in [1.29, 1.82) is 0 Å². The molecule has 0 amide bonds. The fourth-order valence-corrected chi connectivity index (χ4v) is 4.60. The highest BCUT2D eigenvalue weighted by molar-refractivity contribution is 14.0. The van der Waals surface area contributed by atoms with Gasteiger partial charge >= 0.3 is 0 Å². The van der Waals surface area contributed by atoms with E-state index in [4.69, 9.17) is 0 Å². The number of guanidine groups is 1. The Balaban J connectivity index is 0.00000288. The Bertz CT molecular complexity index is 515. The molecule has 0 radical (unpaired) electrons. The number of aliphatic hydroxyl groups is 1. The second-order valence-corrected chi connectivity index (χ2v) is 8.73. The fourth-order valence-electron chi connectivity index (χ4n) is 3.06. The molecule has 2 rings (SSSR count). The van der Waals surface area contributed by atoms with Gasteiger partial charge in [0, 0.05) is 32.7 Å². The Hall–Kier alpha value is -0.130. The van der Waals surface area contributed by atoms with E-state index in [0.717, 1.165) is 32.1 Å². The molecule has 2 fully saturated rings. The van der Waals surface area contributed by atoms with Crippen LogP contribution in [0.1, 0.15) is 45.4 Å².